The molecule has 1 aromatic carbocycles. The Bertz CT molecular complexity index is 374. The molecule has 1 heterocycles. The van der Waals surface area contributed by atoms with E-state index in [1.807, 2.05) is 0 Å². The normalized spacial score (nSPS) is 25.3. The van der Waals surface area contributed by atoms with E-state index in [2.05, 4.69) is 12.2 Å². The Morgan fingerprint density at radius 1 is 1.44 bits per heavy atom. The van der Waals surface area contributed by atoms with Crippen LogP contribution in [0.1, 0.15) is 18.9 Å². The number of hydrogen-bond donors (Lipinski definition) is 2. The Kier molecular flexibility index (Phi) is 4.32. The predicted molar refractivity (Wildman–Crippen MR) is 68.0 cm³/mol. The molecule has 0 bridgehead atoms. The fraction of sp³-hybridized carbons (Fsp3) is 0.571. The Labute approximate surface area is 107 Å². The van der Waals surface area contributed by atoms with Gasteiger partial charge < -0.3 is 15.2 Å². The Hall–Kier alpha value is -0.970. The molecule has 0 aromatic heterocycles. The average molecular weight is 253 g/mol. The van der Waals surface area contributed by atoms with Crippen LogP contribution in [-0.4, -0.2) is 36.5 Å². The zero-order chi connectivity index (χ0) is 13.0. The van der Waals surface area contributed by atoms with Crippen molar-refractivity contribution >= 4 is 0 Å². The molecule has 1 fully saturated rings. The lowest BCUT2D eigenvalue weighted by atomic mass is 10.0. The number of rotatable bonds is 5. The summed E-state index contributed by atoms with van der Waals surface area (Å²) in [5.74, 6) is -0.211. The highest BCUT2D eigenvalue weighted by molar-refractivity contribution is 5.17. The predicted octanol–water partition coefficient (Wildman–Crippen LogP) is 1.50. The molecule has 4 heteroatoms. The summed E-state index contributed by atoms with van der Waals surface area (Å²) in [6.45, 7) is 3.63. The largest absolute Gasteiger partial charge is 0.386 e. The minimum atomic E-state index is -0.725. The first-order valence-corrected chi connectivity index (χ1v) is 6.35. The van der Waals surface area contributed by atoms with E-state index in [0.29, 0.717) is 26.2 Å². The van der Waals surface area contributed by atoms with E-state index in [4.69, 9.17) is 4.74 Å². The van der Waals surface area contributed by atoms with Crippen LogP contribution < -0.4 is 5.32 Å². The van der Waals surface area contributed by atoms with Gasteiger partial charge in [0.15, 0.2) is 0 Å². The van der Waals surface area contributed by atoms with E-state index in [1.165, 1.54) is 12.1 Å². The summed E-state index contributed by atoms with van der Waals surface area (Å²) < 4.78 is 18.0. The van der Waals surface area contributed by atoms with Gasteiger partial charge in [-0.15, -0.1) is 0 Å². The fourth-order valence-electron chi connectivity index (χ4n) is 2.15. The molecule has 2 unspecified atom stereocenters. The van der Waals surface area contributed by atoms with Gasteiger partial charge in [-0.25, -0.2) is 4.39 Å². The first-order chi connectivity index (χ1) is 8.57. The van der Waals surface area contributed by atoms with Crippen molar-refractivity contribution in [2.75, 3.05) is 19.8 Å². The van der Waals surface area contributed by atoms with Crippen LogP contribution >= 0.6 is 0 Å². The van der Waals surface area contributed by atoms with Gasteiger partial charge in [0.2, 0.25) is 0 Å². The van der Waals surface area contributed by atoms with Crippen molar-refractivity contribution in [1.29, 1.82) is 0 Å². The second-order valence-corrected chi connectivity index (χ2v) is 5.14. The third-order valence-electron chi connectivity index (χ3n) is 3.32. The Morgan fingerprint density at radius 2 is 2.17 bits per heavy atom. The molecule has 0 radical (unpaired) electrons. The standard InChI is InChI=1S/C14H20FNO2/c1-11(8-12-2-4-13(15)5-3-12)16-9-14(17)6-7-18-10-14/h2-5,11,16-17H,6-10H2,1H3. The minimum Gasteiger partial charge on any atom is -0.386 e. The number of ether oxygens (including phenoxy) is 1. The van der Waals surface area contributed by atoms with Crippen molar-refractivity contribution in [3.8, 4) is 0 Å². The fourth-order valence-corrected chi connectivity index (χ4v) is 2.15. The second-order valence-electron chi connectivity index (χ2n) is 5.14. The molecular weight excluding hydrogens is 233 g/mol. The molecule has 100 valence electrons. The van der Waals surface area contributed by atoms with Gasteiger partial charge in [-0.3, -0.25) is 0 Å². The van der Waals surface area contributed by atoms with Gasteiger partial charge in [0.25, 0.3) is 0 Å². The Balaban J connectivity index is 1.78. The summed E-state index contributed by atoms with van der Waals surface area (Å²) in [6.07, 6.45) is 1.50. The van der Waals surface area contributed by atoms with E-state index < -0.39 is 5.60 Å². The average Bonchev–Trinajstić information content (AvgIpc) is 2.78. The number of benzene rings is 1. The molecule has 3 nitrogen and oxygen atoms in total. The number of hydrogen-bond acceptors (Lipinski definition) is 3. The second kappa shape index (κ2) is 5.78. The highest BCUT2D eigenvalue weighted by Crippen LogP contribution is 2.17. The van der Waals surface area contributed by atoms with Crippen LogP contribution in [-0.2, 0) is 11.2 Å². The monoisotopic (exact) mass is 253 g/mol. The number of halogens is 1. The highest BCUT2D eigenvalue weighted by atomic mass is 19.1. The van der Waals surface area contributed by atoms with Gasteiger partial charge in [0.1, 0.15) is 11.4 Å². The lowest BCUT2D eigenvalue weighted by Crippen LogP contribution is -2.44. The van der Waals surface area contributed by atoms with Crippen LogP contribution in [0.15, 0.2) is 24.3 Å². The number of aliphatic hydroxyl groups is 1. The summed E-state index contributed by atoms with van der Waals surface area (Å²) in [7, 11) is 0. The van der Waals surface area contributed by atoms with Gasteiger partial charge in [0.05, 0.1) is 6.61 Å². The molecule has 0 aliphatic carbocycles. The van der Waals surface area contributed by atoms with Crippen LogP contribution in [0, 0.1) is 5.82 Å². The van der Waals surface area contributed by atoms with Crippen LogP contribution in [0.5, 0.6) is 0 Å². The van der Waals surface area contributed by atoms with Gasteiger partial charge in [0, 0.05) is 25.6 Å². The van der Waals surface area contributed by atoms with Crippen LogP contribution in [0.3, 0.4) is 0 Å². The summed E-state index contributed by atoms with van der Waals surface area (Å²) >= 11 is 0. The topological polar surface area (TPSA) is 41.5 Å². The van der Waals surface area contributed by atoms with Crippen molar-refractivity contribution < 1.29 is 14.2 Å². The third-order valence-corrected chi connectivity index (χ3v) is 3.32. The van der Waals surface area contributed by atoms with Crippen LogP contribution in [0.2, 0.25) is 0 Å². The molecule has 18 heavy (non-hydrogen) atoms. The van der Waals surface area contributed by atoms with Crippen LogP contribution in [0.25, 0.3) is 0 Å². The zero-order valence-corrected chi connectivity index (χ0v) is 10.7. The maximum atomic E-state index is 12.8. The molecule has 1 aliphatic rings. The van der Waals surface area contributed by atoms with Crippen molar-refractivity contribution in [1.82, 2.24) is 5.32 Å². The molecule has 1 aliphatic heterocycles. The Morgan fingerprint density at radius 3 is 2.78 bits per heavy atom. The summed E-state index contributed by atoms with van der Waals surface area (Å²) in [5.41, 5.74) is 0.364. The molecule has 0 amide bonds. The smallest absolute Gasteiger partial charge is 0.123 e. The van der Waals surface area contributed by atoms with E-state index in [-0.39, 0.29) is 11.9 Å². The van der Waals surface area contributed by atoms with Gasteiger partial charge >= 0.3 is 0 Å². The molecule has 2 N–H and O–H groups in total. The van der Waals surface area contributed by atoms with E-state index >= 15 is 0 Å². The van der Waals surface area contributed by atoms with Crippen molar-refractivity contribution in [3.63, 3.8) is 0 Å². The first-order valence-electron chi connectivity index (χ1n) is 6.35. The summed E-state index contributed by atoms with van der Waals surface area (Å²) in [4.78, 5) is 0. The van der Waals surface area contributed by atoms with E-state index in [0.717, 1.165) is 12.0 Å². The molecular formula is C14H20FNO2. The first kappa shape index (κ1) is 13.5. The van der Waals surface area contributed by atoms with E-state index in [9.17, 15) is 9.50 Å². The SMILES string of the molecule is CC(Cc1ccc(F)cc1)NCC1(O)CCOC1. The highest BCUT2D eigenvalue weighted by Gasteiger charge is 2.32. The summed E-state index contributed by atoms with van der Waals surface area (Å²) in [6, 6.07) is 6.77. The van der Waals surface area contributed by atoms with Crippen molar-refractivity contribution in [2.45, 2.75) is 31.4 Å². The van der Waals surface area contributed by atoms with Gasteiger partial charge in [-0.2, -0.15) is 0 Å². The molecule has 2 rings (SSSR count). The molecule has 0 saturated carbocycles. The zero-order valence-electron chi connectivity index (χ0n) is 10.7. The molecule has 1 saturated heterocycles. The lowest BCUT2D eigenvalue weighted by molar-refractivity contribution is 0.0252. The molecule has 0 spiro atoms. The quantitative estimate of drug-likeness (QED) is 0.835. The van der Waals surface area contributed by atoms with Gasteiger partial charge in [-0.1, -0.05) is 12.1 Å². The minimum absolute atomic E-state index is 0.211. The number of nitrogens with one attached hydrogen (secondary N) is 1. The van der Waals surface area contributed by atoms with E-state index in [1.54, 1.807) is 12.1 Å². The van der Waals surface area contributed by atoms with Crippen LogP contribution in [0.4, 0.5) is 4.39 Å². The van der Waals surface area contributed by atoms with Gasteiger partial charge in [-0.05, 0) is 31.0 Å². The van der Waals surface area contributed by atoms with Crippen molar-refractivity contribution in [2.24, 2.45) is 0 Å². The maximum absolute atomic E-state index is 12.8. The third kappa shape index (κ3) is 3.77. The van der Waals surface area contributed by atoms with Crippen molar-refractivity contribution in [3.05, 3.63) is 35.6 Å². The molecule has 2 atom stereocenters. The molecule has 1 aromatic rings. The summed E-state index contributed by atoms with van der Waals surface area (Å²) in [5, 5.41) is 13.4. The lowest BCUT2D eigenvalue weighted by Gasteiger charge is -2.23. The maximum Gasteiger partial charge on any atom is 0.123 e.